The second-order valence-electron chi connectivity index (χ2n) is 14.4. The van der Waals surface area contributed by atoms with Crippen LogP contribution in [0.5, 0.6) is 0 Å². The minimum Gasteiger partial charge on any atom is -0.393 e. The van der Waals surface area contributed by atoms with Gasteiger partial charge in [0, 0.05) is 70.5 Å². The molecule has 4 aromatic carbocycles. The van der Waals surface area contributed by atoms with E-state index in [2.05, 4.69) is 5.32 Å². The third-order valence-electron chi connectivity index (χ3n) is 9.78. The van der Waals surface area contributed by atoms with Gasteiger partial charge in [-0.25, -0.2) is 52.0 Å². The monoisotopic (exact) mass is 959 g/mol. The molecule has 1 saturated heterocycles. The minimum atomic E-state index is -4.43. The molecule has 0 aromatic heterocycles. The lowest BCUT2D eigenvalue weighted by atomic mass is 9.86. The van der Waals surface area contributed by atoms with E-state index in [-0.39, 0.29) is 43.7 Å². The van der Waals surface area contributed by atoms with Crippen LogP contribution in [0.2, 0.25) is 0 Å². The van der Waals surface area contributed by atoms with Gasteiger partial charge in [0.25, 0.3) is 20.9 Å². The number of carbonyl (C=O) groups excluding carboxylic acids is 2. The van der Waals surface area contributed by atoms with Crippen LogP contribution in [0.25, 0.3) is 0 Å². The summed E-state index contributed by atoms with van der Waals surface area (Å²) in [6.07, 6.45) is 4.78. The number of amides is 2. The zero-order valence-electron chi connectivity index (χ0n) is 32.5. The lowest BCUT2D eigenvalue weighted by Crippen LogP contribution is -2.48. The van der Waals surface area contributed by atoms with Gasteiger partial charge in [-0.15, -0.1) is 0 Å². The molecule has 2 fully saturated rings. The van der Waals surface area contributed by atoms with Crippen molar-refractivity contribution in [3.63, 3.8) is 0 Å². The molecular weight excluding hydrogens is 922 g/mol. The number of aliphatic hydroxyl groups excluding tert-OH is 2. The second kappa shape index (κ2) is 20.8. The Morgan fingerprint density at radius 2 is 0.937 bits per heavy atom. The van der Waals surface area contributed by atoms with E-state index >= 15 is 0 Å². The number of nitrogens with zero attached hydrogens (tertiary/aromatic N) is 1. The van der Waals surface area contributed by atoms with Gasteiger partial charge < -0.3 is 31.1 Å². The molecule has 2 amide bonds. The summed E-state index contributed by atoms with van der Waals surface area (Å²) < 4.78 is 155. The number of aliphatic hydroxyl groups is 4. The highest BCUT2D eigenvalue weighted by Crippen LogP contribution is 2.30. The van der Waals surface area contributed by atoms with Crippen LogP contribution in [0.4, 0.5) is 46.5 Å². The molecule has 0 atom stereocenters. The van der Waals surface area contributed by atoms with Crippen molar-refractivity contribution in [3.8, 4) is 0 Å². The van der Waals surface area contributed by atoms with Crippen LogP contribution in [0, 0.1) is 46.5 Å². The molecule has 63 heavy (non-hydrogen) atoms. The summed E-state index contributed by atoms with van der Waals surface area (Å²) in [5.74, 6) is -13.9. The van der Waals surface area contributed by atoms with Crippen molar-refractivity contribution in [2.24, 2.45) is 0 Å². The number of carbonyl (C=O) groups is 2. The first-order chi connectivity index (χ1) is 29.3. The van der Waals surface area contributed by atoms with E-state index in [1.54, 1.807) is 0 Å². The highest BCUT2D eigenvalue weighted by atomic mass is 35.7. The third-order valence-corrected chi connectivity index (χ3v) is 13.0. The summed E-state index contributed by atoms with van der Waals surface area (Å²) in [6.45, 7) is -0.963. The standard InChI is InChI=1S/C19H18F4N2O5S.C13H6ClF4NO3S.C7H14O2/c20-13-2-1-11(18(27)24-12-8-14(21)17(23)15(22)9-12)7-16(13)31(29,30)25-5-3-19(28,10-26)4-6-25;14-23(21,22)11-3-6(1-2-8(11)15)13(20)19-7-4-9(16)12(18)10(17)5-7;8-6-7(9)4-2-1-3-5-7/h1-2,7-9,26,28H,3-6,10H2,(H,24,27);1-5H,(H,19,20);8-9H,1-6H2. The zero-order valence-corrected chi connectivity index (χ0v) is 34.8. The predicted molar refractivity (Wildman–Crippen MR) is 210 cm³/mol. The van der Waals surface area contributed by atoms with Crippen molar-refractivity contribution >= 4 is 52.9 Å². The van der Waals surface area contributed by atoms with Crippen molar-refractivity contribution in [2.45, 2.75) is 65.9 Å². The Labute approximate surface area is 359 Å². The molecule has 1 heterocycles. The average molecular weight is 960 g/mol. The van der Waals surface area contributed by atoms with E-state index in [0.717, 1.165) is 54.3 Å². The smallest absolute Gasteiger partial charge is 0.264 e. The topological polar surface area (TPSA) is 211 Å². The maximum atomic E-state index is 14.3. The number of anilines is 2. The van der Waals surface area contributed by atoms with Crippen LogP contribution in [0.1, 0.15) is 65.7 Å². The molecule has 6 N–H and O–H groups in total. The lowest BCUT2D eigenvalue weighted by molar-refractivity contribution is -0.0480. The highest BCUT2D eigenvalue weighted by Gasteiger charge is 2.38. The number of nitrogens with one attached hydrogen (secondary N) is 2. The van der Waals surface area contributed by atoms with Crippen molar-refractivity contribution in [3.05, 3.63) is 118 Å². The molecule has 1 aliphatic heterocycles. The van der Waals surface area contributed by atoms with E-state index in [0.29, 0.717) is 36.4 Å². The Kier molecular flexibility index (Phi) is 16.8. The highest BCUT2D eigenvalue weighted by molar-refractivity contribution is 8.13. The number of hydrogen-bond acceptors (Lipinski definition) is 10. The molecule has 344 valence electrons. The van der Waals surface area contributed by atoms with Crippen molar-refractivity contribution < 1.29 is 82.0 Å². The number of piperidine rings is 1. The number of sulfonamides is 1. The third kappa shape index (κ3) is 13.2. The van der Waals surface area contributed by atoms with Crippen LogP contribution in [0.3, 0.4) is 0 Å². The molecule has 24 heteroatoms. The Hall–Kier alpha value is -4.75. The first-order valence-corrected chi connectivity index (χ1v) is 22.2. The van der Waals surface area contributed by atoms with Crippen molar-refractivity contribution in [1.82, 2.24) is 4.31 Å². The first kappa shape index (κ1) is 50.9. The minimum absolute atomic E-state index is 0.0625. The summed E-state index contributed by atoms with van der Waals surface area (Å²) in [5, 5.41) is 41.4. The second-order valence-corrected chi connectivity index (χ2v) is 18.8. The van der Waals surface area contributed by atoms with Crippen LogP contribution in [0.15, 0.2) is 70.5 Å². The molecule has 4 aromatic rings. The van der Waals surface area contributed by atoms with E-state index in [4.69, 9.17) is 15.8 Å². The molecule has 13 nitrogen and oxygen atoms in total. The van der Waals surface area contributed by atoms with Gasteiger partial charge in [-0.05, 0) is 62.1 Å². The van der Waals surface area contributed by atoms with Gasteiger partial charge in [-0.2, -0.15) is 4.31 Å². The number of hydrogen-bond donors (Lipinski definition) is 6. The summed E-state index contributed by atoms with van der Waals surface area (Å²) in [4.78, 5) is 22.5. The van der Waals surface area contributed by atoms with Crippen molar-refractivity contribution in [1.29, 1.82) is 0 Å². The van der Waals surface area contributed by atoms with E-state index in [9.17, 15) is 76.9 Å². The van der Waals surface area contributed by atoms with Crippen molar-refractivity contribution in [2.75, 3.05) is 36.9 Å². The summed E-state index contributed by atoms with van der Waals surface area (Å²) in [7, 11) is -3.80. The summed E-state index contributed by atoms with van der Waals surface area (Å²) in [6, 6.07) is 6.90. The van der Waals surface area contributed by atoms with Gasteiger partial charge in [0.1, 0.15) is 21.4 Å². The van der Waals surface area contributed by atoms with Crippen LogP contribution in [-0.2, 0) is 19.1 Å². The van der Waals surface area contributed by atoms with E-state index < -0.39 is 116 Å². The predicted octanol–water partition coefficient (Wildman–Crippen LogP) is 6.10. The van der Waals surface area contributed by atoms with Gasteiger partial charge in [0.15, 0.2) is 34.9 Å². The maximum Gasteiger partial charge on any atom is 0.264 e. The Morgan fingerprint density at radius 3 is 1.30 bits per heavy atom. The van der Waals surface area contributed by atoms with Crippen LogP contribution < -0.4 is 10.6 Å². The van der Waals surface area contributed by atoms with Gasteiger partial charge in [0.2, 0.25) is 10.0 Å². The average Bonchev–Trinajstić information content (AvgIpc) is 3.22. The molecule has 2 aliphatic rings. The maximum absolute atomic E-state index is 14.3. The quantitative estimate of drug-likeness (QED) is 0.0645. The molecule has 0 bridgehead atoms. The van der Waals surface area contributed by atoms with Gasteiger partial charge >= 0.3 is 0 Å². The SMILES string of the molecule is O=C(Nc1cc(F)c(F)c(F)c1)c1ccc(F)c(S(=O)(=O)Cl)c1.O=C(Nc1cc(F)c(F)c(F)c1)c1ccc(F)c(S(=O)(=O)N2CCC(O)(CO)CC2)c1.OCC1(O)CCCCC1. The first-order valence-electron chi connectivity index (χ1n) is 18.5. The lowest BCUT2D eigenvalue weighted by Gasteiger charge is -2.36. The van der Waals surface area contributed by atoms with E-state index in [1.807, 2.05) is 5.32 Å². The zero-order chi connectivity index (χ0) is 47.1. The van der Waals surface area contributed by atoms with Gasteiger partial charge in [-0.3, -0.25) is 9.59 Å². The number of rotatable bonds is 9. The fraction of sp³-hybridized carbons (Fsp3) is 0.333. The molecule has 1 aliphatic carbocycles. The fourth-order valence-electron chi connectivity index (χ4n) is 6.14. The van der Waals surface area contributed by atoms with Crippen LogP contribution >= 0.6 is 10.7 Å². The molecule has 1 saturated carbocycles. The molecule has 0 radical (unpaired) electrons. The Morgan fingerprint density at radius 1 is 0.571 bits per heavy atom. The Balaban J connectivity index is 0.000000237. The number of halogens is 9. The molecule has 0 unspecified atom stereocenters. The summed E-state index contributed by atoms with van der Waals surface area (Å²) >= 11 is 0. The number of benzene rings is 4. The summed E-state index contributed by atoms with van der Waals surface area (Å²) in [5.41, 5.74) is -3.64. The fourth-order valence-corrected chi connectivity index (χ4v) is 8.60. The van der Waals surface area contributed by atoms with E-state index in [1.165, 1.54) is 6.42 Å². The molecule has 6 rings (SSSR count). The van der Waals surface area contributed by atoms with Gasteiger partial charge in [0.05, 0.1) is 24.4 Å². The van der Waals surface area contributed by atoms with Crippen LogP contribution in [-0.4, -0.2) is 90.9 Å². The Bertz CT molecular complexity index is 2510. The molecule has 0 spiro atoms. The normalized spacial score (nSPS) is 16.1. The largest absolute Gasteiger partial charge is 0.393 e. The molecular formula is C39H38ClF8N3O10S2. The van der Waals surface area contributed by atoms with Gasteiger partial charge in [-0.1, -0.05) is 19.3 Å².